The van der Waals surface area contributed by atoms with E-state index < -0.39 is 0 Å². The molecule has 0 bridgehead atoms. The van der Waals surface area contributed by atoms with E-state index in [0.29, 0.717) is 12.5 Å². The van der Waals surface area contributed by atoms with Gasteiger partial charge in [0.05, 0.1) is 6.61 Å². The number of likely N-dealkylation sites (tertiary alicyclic amines) is 1. The molecule has 32 heavy (non-hydrogen) atoms. The average Bonchev–Trinajstić information content (AvgIpc) is 3.20. The standard InChI is InChI=1S/C24H46N4O3.HI/c1-5-25-23(26-14-9-7-6-8-10-22(29)31-24(2,3)4)27-21-11-15-28(16-12-21)18-20-13-17-30-19-20;/h20-21H,5-19H2,1-4H3,(H2,25,26,27);1H. The fourth-order valence-corrected chi connectivity index (χ4v) is 4.18. The summed E-state index contributed by atoms with van der Waals surface area (Å²) >= 11 is 0. The third kappa shape index (κ3) is 13.2. The smallest absolute Gasteiger partial charge is 0.306 e. The van der Waals surface area contributed by atoms with Crippen LogP contribution >= 0.6 is 24.0 Å². The molecular formula is C24H47IN4O3. The van der Waals surface area contributed by atoms with E-state index in [9.17, 15) is 4.79 Å². The van der Waals surface area contributed by atoms with Gasteiger partial charge < -0.3 is 25.0 Å². The number of piperidine rings is 1. The van der Waals surface area contributed by atoms with Crippen molar-refractivity contribution >= 4 is 35.9 Å². The Balaban J connectivity index is 0.00000512. The Labute approximate surface area is 212 Å². The Kier molecular flexibility index (Phi) is 14.8. The summed E-state index contributed by atoms with van der Waals surface area (Å²) in [6.45, 7) is 14.9. The fraction of sp³-hybridized carbons (Fsp3) is 0.917. The molecule has 1 atom stereocenters. The molecule has 0 aromatic rings. The second-order valence-electron chi connectivity index (χ2n) is 9.96. The number of carbonyl (C=O) groups excluding carboxylic acids is 1. The van der Waals surface area contributed by atoms with Crippen molar-refractivity contribution in [1.82, 2.24) is 15.5 Å². The monoisotopic (exact) mass is 566 g/mol. The summed E-state index contributed by atoms with van der Waals surface area (Å²) < 4.78 is 10.9. The van der Waals surface area contributed by atoms with Crippen LogP contribution in [-0.4, -0.2) is 74.4 Å². The van der Waals surface area contributed by atoms with Crippen molar-refractivity contribution in [2.45, 2.75) is 90.7 Å². The van der Waals surface area contributed by atoms with Crippen molar-refractivity contribution < 1.29 is 14.3 Å². The molecule has 2 rings (SSSR count). The Hall–Kier alpha value is -0.610. The van der Waals surface area contributed by atoms with Crippen molar-refractivity contribution in [2.24, 2.45) is 10.9 Å². The second kappa shape index (κ2) is 16.1. The summed E-state index contributed by atoms with van der Waals surface area (Å²) in [6.07, 6.45) is 8.15. The number of hydrogen-bond acceptors (Lipinski definition) is 5. The van der Waals surface area contributed by atoms with Gasteiger partial charge in [0.25, 0.3) is 0 Å². The van der Waals surface area contributed by atoms with E-state index in [1.807, 2.05) is 20.8 Å². The van der Waals surface area contributed by atoms with E-state index in [0.717, 1.165) is 77.0 Å². The summed E-state index contributed by atoms with van der Waals surface area (Å²) in [5.41, 5.74) is -0.386. The molecule has 0 spiro atoms. The Bertz CT molecular complexity index is 540. The summed E-state index contributed by atoms with van der Waals surface area (Å²) in [4.78, 5) is 19.1. The highest BCUT2D eigenvalue weighted by molar-refractivity contribution is 14.0. The molecule has 8 heteroatoms. The molecule has 2 aliphatic rings. The molecule has 2 saturated heterocycles. The number of esters is 1. The number of aliphatic imine (C=N–C) groups is 1. The molecule has 2 N–H and O–H groups in total. The molecule has 2 aliphatic heterocycles. The third-order valence-electron chi connectivity index (χ3n) is 5.79. The summed E-state index contributed by atoms with van der Waals surface area (Å²) in [7, 11) is 0. The predicted molar refractivity (Wildman–Crippen MR) is 142 cm³/mol. The molecule has 0 amide bonds. The van der Waals surface area contributed by atoms with Gasteiger partial charge >= 0.3 is 5.97 Å². The predicted octanol–water partition coefficient (Wildman–Crippen LogP) is 3.95. The van der Waals surface area contributed by atoms with Crippen LogP contribution in [0.4, 0.5) is 0 Å². The number of unbranched alkanes of at least 4 members (excludes halogenated alkanes) is 3. The Morgan fingerprint density at radius 3 is 2.47 bits per heavy atom. The highest BCUT2D eigenvalue weighted by Gasteiger charge is 2.24. The van der Waals surface area contributed by atoms with Crippen LogP contribution < -0.4 is 10.6 Å². The van der Waals surface area contributed by atoms with E-state index in [1.54, 1.807) is 0 Å². The summed E-state index contributed by atoms with van der Waals surface area (Å²) in [5, 5.41) is 7.02. The van der Waals surface area contributed by atoms with Crippen molar-refractivity contribution in [3.63, 3.8) is 0 Å². The van der Waals surface area contributed by atoms with Crippen LogP contribution in [-0.2, 0) is 14.3 Å². The molecule has 0 aromatic carbocycles. The zero-order valence-corrected chi connectivity index (χ0v) is 23.1. The lowest BCUT2D eigenvalue weighted by molar-refractivity contribution is -0.154. The second-order valence-corrected chi connectivity index (χ2v) is 9.96. The third-order valence-corrected chi connectivity index (χ3v) is 5.79. The molecule has 0 radical (unpaired) electrons. The first kappa shape index (κ1) is 29.4. The lowest BCUT2D eigenvalue weighted by Gasteiger charge is -2.34. The van der Waals surface area contributed by atoms with Crippen LogP contribution in [0.25, 0.3) is 0 Å². The van der Waals surface area contributed by atoms with Crippen LogP contribution in [0.3, 0.4) is 0 Å². The Morgan fingerprint density at radius 1 is 1.12 bits per heavy atom. The molecule has 1 unspecified atom stereocenters. The maximum atomic E-state index is 11.7. The molecule has 0 saturated carbocycles. The van der Waals surface area contributed by atoms with Gasteiger partial charge in [0, 0.05) is 51.8 Å². The van der Waals surface area contributed by atoms with E-state index in [4.69, 9.17) is 14.5 Å². The van der Waals surface area contributed by atoms with Crippen molar-refractivity contribution in [3.8, 4) is 0 Å². The quantitative estimate of drug-likeness (QED) is 0.130. The van der Waals surface area contributed by atoms with E-state index in [2.05, 4.69) is 22.5 Å². The largest absolute Gasteiger partial charge is 0.460 e. The lowest BCUT2D eigenvalue weighted by atomic mass is 10.0. The minimum absolute atomic E-state index is 0. The van der Waals surface area contributed by atoms with Crippen molar-refractivity contribution in [3.05, 3.63) is 0 Å². The molecular weight excluding hydrogens is 519 g/mol. The number of halogens is 1. The SMILES string of the molecule is CCNC(=NCCCCCCC(=O)OC(C)(C)C)NC1CCN(CC2CCOC2)CC1.I. The first-order valence-electron chi connectivity index (χ1n) is 12.4. The molecule has 188 valence electrons. The molecule has 7 nitrogen and oxygen atoms in total. The van der Waals surface area contributed by atoms with Crippen molar-refractivity contribution in [1.29, 1.82) is 0 Å². The number of nitrogens with zero attached hydrogens (tertiary/aromatic N) is 2. The first-order chi connectivity index (χ1) is 14.9. The van der Waals surface area contributed by atoms with Crippen LogP contribution in [0.15, 0.2) is 4.99 Å². The van der Waals surface area contributed by atoms with Crippen LogP contribution in [0.2, 0.25) is 0 Å². The molecule has 2 fully saturated rings. The van der Waals surface area contributed by atoms with E-state index in [1.165, 1.54) is 25.8 Å². The Morgan fingerprint density at radius 2 is 1.84 bits per heavy atom. The van der Waals surface area contributed by atoms with Gasteiger partial charge in [-0.25, -0.2) is 0 Å². The van der Waals surface area contributed by atoms with Gasteiger partial charge in [0.1, 0.15) is 5.60 Å². The number of carbonyl (C=O) groups is 1. The van der Waals surface area contributed by atoms with Gasteiger partial charge in [-0.1, -0.05) is 12.8 Å². The highest BCUT2D eigenvalue weighted by atomic mass is 127. The highest BCUT2D eigenvalue weighted by Crippen LogP contribution is 2.17. The maximum Gasteiger partial charge on any atom is 0.306 e. The fourth-order valence-electron chi connectivity index (χ4n) is 4.18. The van der Waals surface area contributed by atoms with Crippen LogP contribution in [0.5, 0.6) is 0 Å². The van der Waals surface area contributed by atoms with Gasteiger partial charge in [-0.15, -0.1) is 24.0 Å². The van der Waals surface area contributed by atoms with E-state index >= 15 is 0 Å². The lowest BCUT2D eigenvalue weighted by Crippen LogP contribution is -2.49. The van der Waals surface area contributed by atoms with Crippen LogP contribution in [0.1, 0.15) is 79.1 Å². The zero-order chi connectivity index (χ0) is 22.5. The van der Waals surface area contributed by atoms with Gasteiger partial charge in [-0.05, 0) is 65.7 Å². The number of guanidine groups is 1. The molecule has 2 heterocycles. The van der Waals surface area contributed by atoms with Gasteiger partial charge in [-0.2, -0.15) is 0 Å². The minimum Gasteiger partial charge on any atom is -0.460 e. The van der Waals surface area contributed by atoms with Gasteiger partial charge in [0.2, 0.25) is 0 Å². The van der Waals surface area contributed by atoms with Crippen LogP contribution in [0, 0.1) is 5.92 Å². The normalized spacial score (nSPS) is 20.6. The maximum absolute atomic E-state index is 11.7. The average molecular weight is 567 g/mol. The molecule has 0 aromatic heterocycles. The van der Waals surface area contributed by atoms with Gasteiger partial charge in [-0.3, -0.25) is 9.79 Å². The number of ether oxygens (including phenoxy) is 2. The van der Waals surface area contributed by atoms with Gasteiger partial charge in [0.15, 0.2) is 5.96 Å². The summed E-state index contributed by atoms with van der Waals surface area (Å²) in [6, 6.07) is 0.503. The minimum atomic E-state index is -0.386. The van der Waals surface area contributed by atoms with E-state index in [-0.39, 0.29) is 35.5 Å². The number of hydrogen-bond donors (Lipinski definition) is 2. The topological polar surface area (TPSA) is 75.2 Å². The summed E-state index contributed by atoms with van der Waals surface area (Å²) in [5.74, 6) is 1.58. The van der Waals surface area contributed by atoms with Crippen molar-refractivity contribution in [2.75, 3.05) is 45.9 Å². The number of rotatable bonds is 11. The molecule has 0 aliphatic carbocycles. The number of nitrogens with one attached hydrogen (secondary N) is 2. The first-order valence-corrected chi connectivity index (χ1v) is 12.4. The zero-order valence-electron chi connectivity index (χ0n) is 20.8.